The van der Waals surface area contributed by atoms with Gasteiger partial charge in [0.2, 0.25) is 0 Å². The Bertz CT molecular complexity index is 710. The summed E-state index contributed by atoms with van der Waals surface area (Å²) in [6.07, 6.45) is 0. The third kappa shape index (κ3) is 3.34. The molecule has 110 valence electrons. The molecular formula is C13H12N2O5S. The fourth-order valence-corrected chi connectivity index (χ4v) is 2.46. The van der Waals surface area contributed by atoms with Gasteiger partial charge in [-0.1, -0.05) is 11.3 Å². The second kappa shape index (κ2) is 6.31. The number of hydrogen-bond acceptors (Lipinski definition) is 7. The minimum Gasteiger partial charge on any atom is -0.462 e. The van der Waals surface area contributed by atoms with E-state index in [4.69, 9.17) is 4.74 Å². The quantitative estimate of drug-likeness (QED) is 0.683. The number of benzene rings is 1. The number of amides is 1. The van der Waals surface area contributed by atoms with Gasteiger partial charge in [-0.3, -0.25) is 10.1 Å². The summed E-state index contributed by atoms with van der Waals surface area (Å²) in [5.41, 5.74) is 1.01. The van der Waals surface area contributed by atoms with Crippen molar-refractivity contribution >= 4 is 44.5 Å². The average Bonchev–Trinajstić information content (AvgIpc) is 2.87. The van der Waals surface area contributed by atoms with Crippen LogP contribution in [0.1, 0.15) is 17.3 Å². The maximum Gasteiger partial charge on any atom is 0.396 e. The highest BCUT2D eigenvalue weighted by Gasteiger charge is 2.16. The number of rotatable bonds is 3. The molecule has 1 aromatic heterocycles. The van der Waals surface area contributed by atoms with Crippen molar-refractivity contribution in [1.29, 1.82) is 0 Å². The molecule has 0 spiro atoms. The van der Waals surface area contributed by atoms with Gasteiger partial charge in [-0.15, -0.1) is 0 Å². The number of aromatic nitrogens is 1. The molecule has 0 bridgehead atoms. The number of esters is 2. The lowest BCUT2D eigenvalue weighted by atomic mass is 10.2. The molecule has 2 rings (SSSR count). The first-order chi connectivity index (χ1) is 10.0. The standard InChI is InChI=1S/C13H12N2O5S/c1-3-20-11(17)7-4-5-8-9(6-7)21-13(14-8)15-10(16)12(18)19-2/h4-6H,3H2,1-2H3,(H,14,15,16). The van der Waals surface area contributed by atoms with E-state index in [1.54, 1.807) is 25.1 Å². The van der Waals surface area contributed by atoms with Crippen molar-refractivity contribution in [3.63, 3.8) is 0 Å². The highest BCUT2D eigenvalue weighted by molar-refractivity contribution is 7.22. The lowest BCUT2D eigenvalue weighted by Crippen LogP contribution is -2.23. The average molecular weight is 308 g/mol. The molecule has 0 aliphatic rings. The lowest BCUT2D eigenvalue weighted by Gasteiger charge is -2.00. The van der Waals surface area contributed by atoms with Crippen LogP contribution in [0.3, 0.4) is 0 Å². The van der Waals surface area contributed by atoms with Gasteiger partial charge in [0.05, 0.1) is 29.5 Å². The predicted octanol–water partition coefficient (Wildman–Crippen LogP) is 1.58. The Kier molecular flexibility index (Phi) is 4.49. The van der Waals surface area contributed by atoms with Crippen molar-refractivity contribution < 1.29 is 23.9 Å². The normalized spacial score (nSPS) is 10.2. The fraction of sp³-hybridized carbons (Fsp3) is 0.231. The molecule has 21 heavy (non-hydrogen) atoms. The molecule has 0 radical (unpaired) electrons. The van der Waals surface area contributed by atoms with Crippen molar-refractivity contribution in [2.45, 2.75) is 6.92 Å². The van der Waals surface area contributed by atoms with Crippen molar-refractivity contribution in [3.05, 3.63) is 23.8 Å². The number of carbonyl (C=O) groups is 3. The Morgan fingerprint density at radius 1 is 1.33 bits per heavy atom. The van der Waals surface area contributed by atoms with Gasteiger partial charge >= 0.3 is 17.8 Å². The fourth-order valence-electron chi connectivity index (χ4n) is 1.56. The number of nitrogens with zero attached hydrogens (tertiary/aromatic N) is 1. The second-order valence-electron chi connectivity index (χ2n) is 3.87. The van der Waals surface area contributed by atoms with E-state index in [1.165, 1.54) is 0 Å². The van der Waals surface area contributed by atoms with Crippen LogP contribution >= 0.6 is 11.3 Å². The van der Waals surface area contributed by atoms with Gasteiger partial charge in [0.25, 0.3) is 0 Å². The summed E-state index contributed by atoms with van der Waals surface area (Å²) in [6.45, 7) is 2.02. The van der Waals surface area contributed by atoms with Crippen LogP contribution in [0.15, 0.2) is 18.2 Å². The first-order valence-electron chi connectivity index (χ1n) is 6.02. The molecule has 8 heteroatoms. The number of anilines is 1. The van der Waals surface area contributed by atoms with Crippen LogP contribution in [0.4, 0.5) is 5.13 Å². The molecule has 0 aliphatic carbocycles. The summed E-state index contributed by atoms with van der Waals surface area (Å²) in [7, 11) is 1.12. The largest absolute Gasteiger partial charge is 0.462 e. The minimum atomic E-state index is -0.999. The van der Waals surface area contributed by atoms with E-state index in [0.717, 1.165) is 18.4 Å². The Hall–Kier alpha value is -2.48. The molecule has 2 aromatic rings. The Morgan fingerprint density at radius 3 is 2.76 bits per heavy atom. The maximum atomic E-state index is 11.6. The zero-order valence-electron chi connectivity index (χ0n) is 11.3. The van der Waals surface area contributed by atoms with Gasteiger partial charge in [-0.2, -0.15) is 0 Å². The minimum absolute atomic E-state index is 0.251. The summed E-state index contributed by atoms with van der Waals surface area (Å²) >= 11 is 1.14. The van der Waals surface area contributed by atoms with Crippen LogP contribution in [-0.2, 0) is 19.1 Å². The molecule has 0 saturated carbocycles. The third-order valence-electron chi connectivity index (χ3n) is 2.49. The molecular weight excluding hydrogens is 296 g/mol. The van der Waals surface area contributed by atoms with Crippen LogP contribution < -0.4 is 5.32 Å². The van der Waals surface area contributed by atoms with Gasteiger partial charge in [0.1, 0.15) is 0 Å². The number of thiazole rings is 1. The van der Waals surface area contributed by atoms with Gasteiger partial charge < -0.3 is 9.47 Å². The third-order valence-corrected chi connectivity index (χ3v) is 3.42. The molecule has 1 N–H and O–H groups in total. The van der Waals surface area contributed by atoms with Crippen LogP contribution in [0.25, 0.3) is 10.2 Å². The molecule has 1 heterocycles. The topological polar surface area (TPSA) is 94.6 Å². The summed E-state index contributed by atoms with van der Waals surface area (Å²) in [4.78, 5) is 38.2. The van der Waals surface area contributed by atoms with E-state index in [1.807, 2.05) is 0 Å². The van der Waals surface area contributed by atoms with E-state index in [9.17, 15) is 14.4 Å². The van der Waals surface area contributed by atoms with E-state index >= 15 is 0 Å². The molecule has 0 atom stereocenters. The van der Waals surface area contributed by atoms with E-state index in [0.29, 0.717) is 22.4 Å². The number of carbonyl (C=O) groups excluding carboxylic acids is 3. The van der Waals surface area contributed by atoms with Crippen LogP contribution in [0, 0.1) is 0 Å². The zero-order valence-corrected chi connectivity index (χ0v) is 12.2. The summed E-state index contributed by atoms with van der Waals surface area (Å²) in [5, 5.41) is 2.58. The SMILES string of the molecule is CCOC(=O)c1ccc2nc(NC(=O)C(=O)OC)sc2c1. The molecule has 1 aromatic carbocycles. The monoisotopic (exact) mass is 308 g/mol. The second-order valence-corrected chi connectivity index (χ2v) is 4.90. The van der Waals surface area contributed by atoms with Crippen LogP contribution in [0.5, 0.6) is 0 Å². The van der Waals surface area contributed by atoms with Gasteiger partial charge in [0.15, 0.2) is 5.13 Å². The molecule has 7 nitrogen and oxygen atoms in total. The van der Waals surface area contributed by atoms with Crippen molar-refractivity contribution in [2.24, 2.45) is 0 Å². The first-order valence-corrected chi connectivity index (χ1v) is 6.83. The Morgan fingerprint density at radius 2 is 2.10 bits per heavy atom. The summed E-state index contributed by atoms with van der Waals surface area (Å²) in [5.74, 6) is -2.32. The van der Waals surface area contributed by atoms with Crippen LogP contribution in [0.2, 0.25) is 0 Å². The molecule has 0 aliphatic heterocycles. The van der Waals surface area contributed by atoms with Crippen molar-refractivity contribution in [1.82, 2.24) is 4.98 Å². The van der Waals surface area contributed by atoms with Crippen molar-refractivity contribution in [3.8, 4) is 0 Å². The summed E-state index contributed by atoms with van der Waals surface area (Å²) in [6, 6.07) is 4.86. The van der Waals surface area contributed by atoms with Crippen molar-refractivity contribution in [2.75, 3.05) is 19.0 Å². The molecule has 0 saturated heterocycles. The van der Waals surface area contributed by atoms with Gasteiger partial charge in [-0.25, -0.2) is 14.6 Å². The lowest BCUT2D eigenvalue weighted by molar-refractivity contribution is -0.150. The van der Waals surface area contributed by atoms with E-state index in [-0.39, 0.29) is 5.13 Å². The Labute approximate surface area is 123 Å². The summed E-state index contributed by atoms with van der Waals surface area (Å²) < 4.78 is 9.90. The highest BCUT2D eigenvalue weighted by Crippen LogP contribution is 2.27. The van der Waals surface area contributed by atoms with Crippen LogP contribution in [-0.4, -0.2) is 36.5 Å². The van der Waals surface area contributed by atoms with Gasteiger partial charge in [-0.05, 0) is 25.1 Å². The maximum absolute atomic E-state index is 11.6. The molecule has 0 fully saturated rings. The molecule has 1 amide bonds. The zero-order chi connectivity index (χ0) is 15.4. The Balaban J connectivity index is 2.24. The number of fused-ring (bicyclic) bond motifs is 1. The predicted molar refractivity (Wildman–Crippen MR) is 76.2 cm³/mol. The molecule has 0 unspecified atom stereocenters. The number of hydrogen-bond donors (Lipinski definition) is 1. The van der Waals surface area contributed by atoms with E-state index in [2.05, 4.69) is 15.0 Å². The van der Waals surface area contributed by atoms with E-state index < -0.39 is 17.8 Å². The number of nitrogens with one attached hydrogen (secondary N) is 1. The number of methoxy groups -OCH3 is 1. The first kappa shape index (κ1) is 14.9. The highest BCUT2D eigenvalue weighted by atomic mass is 32.1. The van der Waals surface area contributed by atoms with Gasteiger partial charge in [0, 0.05) is 0 Å². The number of ether oxygens (including phenoxy) is 2. The smallest absolute Gasteiger partial charge is 0.396 e.